The lowest BCUT2D eigenvalue weighted by atomic mass is 10.2. The number of aliphatic hydroxyl groups excluding tert-OH is 1. The number of rotatable bonds is 9. The zero-order valence-corrected chi connectivity index (χ0v) is 15.6. The van der Waals surface area contributed by atoms with Crippen LogP contribution in [0.5, 0.6) is 0 Å². The maximum absolute atomic E-state index is 11.5. The highest BCUT2D eigenvalue weighted by Crippen LogP contribution is 2.06. The molecule has 1 unspecified atom stereocenters. The molecule has 8 heteroatoms. The summed E-state index contributed by atoms with van der Waals surface area (Å²) in [5.74, 6) is 0. The predicted molar refractivity (Wildman–Crippen MR) is 97.7 cm³/mol. The highest BCUT2D eigenvalue weighted by molar-refractivity contribution is 5.67. The van der Waals surface area contributed by atoms with Crippen molar-refractivity contribution in [1.82, 2.24) is 16.0 Å². The molecule has 0 aromatic heterocycles. The van der Waals surface area contributed by atoms with Crippen LogP contribution in [0.1, 0.15) is 26.3 Å². The average molecular weight is 367 g/mol. The number of aliphatic hydroxyl groups is 1. The van der Waals surface area contributed by atoms with Crippen LogP contribution < -0.4 is 16.0 Å². The van der Waals surface area contributed by atoms with Crippen molar-refractivity contribution >= 4 is 12.2 Å². The molecular weight excluding hydrogens is 338 g/mol. The smallest absolute Gasteiger partial charge is 0.407 e. The molecule has 1 atom stereocenters. The van der Waals surface area contributed by atoms with E-state index in [9.17, 15) is 14.7 Å². The minimum Gasteiger partial charge on any atom is -0.445 e. The lowest BCUT2D eigenvalue weighted by Crippen LogP contribution is -2.41. The van der Waals surface area contributed by atoms with Gasteiger partial charge in [0.2, 0.25) is 0 Å². The van der Waals surface area contributed by atoms with Crippen LogP contribution in [0.2, 0.25) is 0 Å². The third-order valence-corrected chi connectivity index (χ3v) is 3.04. The Bertz CT molecular complexity index is 546. The summed E-state index contributed by atoms with van der Waals surface area (Å²) in [5.41, 5.74) is 0.343. The number of carbonyl (C=O) groups is 2. The quantitative estimate of drug-likeness (QED) is 0.491. The summed E-state index contributed by atoms with van der Waals surface area (Å²) in [6, 6.07) is 9.41. The van der Waals surface area contributed by atoms with Gasteiger partial charge in [0.25, 0.3) is 0 Å². The number of nitrogens with one attached hydrogen (secondary N) is 3. The molecule has 2 amide bonds. The zero-order valence-electron chi connectivity index (χ0n) is 15.6. The number of ether oxygens (including phenoxy) is 2. The zero-order chi connectivity index (χ0) is 19.4. The average Bonchev–Trinajstić information content (AvgIpc) is 2.57. The Kier molecular flexibility index (Phi) is 9.46. The molecule has 0 bridgehead atoms. The highest BCUT2D eigenvalue weighted by Gasteiger charge is 2.16. The SMILES string of the molecule is CC(C)(C)OC(=O)NCC(O)CNCCNC(=O)OCc1ccccc1. The molecule has 0 saturated heterocycles. The summed E-state index contributed by atoms with van der Waals surface area (Å²) in [5, 5.41) is 17.8. The van der Waals surface area contributed by atoms with Crippen LogP contribution in [0.25, 0.3) is 0 Å². The van der Waals surface area contributed by atoms with Gasteiger partial charge in [0.1, 0.15) is 12.2 Å². The van der Waals surface area contributed by atoms with Gasteiger partial charge < -0.3 is 30.5 Å². The van der Waals surface area contributed by atoms with Gasteiger partial charge in [-0.3, -0.25) is 0 Å². The first-order chi connectivity index (χ1) is 12.3. The third-order valence-electron chi connectivity index (χ3n) is 3.04. The van der Waals surface area contributed by atoms with Crippen molar-refractivity contribution in [2.45, 2.75) is 39.1 Å². The number of benzene rings is 1. The van der Waals surface area contributed by atoms with E-state index < -0.39 is 23.9 Å². The Morgan fingerprint density at radius 1 is 1.04 bits per heavy atom. The van der Waals surface area contributed by atoms with E-state index in [0.29, 0.717) is 13.1 Å². The molecule has 0 aliphatic heterocycles. The summed E-state index contributed by atoms with van der Waals surface area (Å²) in [6.07, 6.45) is -1.82. The van der Waals surface area contributed by atoms with Gasteiger partial charge in [-0.05, 0) is 26.3 Å². The molecule has 8 nitrogen and oxygen atoms in total. The van der Waals surface area contributed by atoms with E-state index >= 15 is 0 Å². The van der Waals surface area contributed by atoms with Gasteiger partial charge in [-0.1, -0.05) is 30.3 Å². The summed E-state index contributed by atoms with van der Waals surface area (Å²) < 4.78 is 10.1. The summed E-state index contributed by atoms with van der Waals surface area (Å²) in [7, 11) is 0. The first kappa shape index (κ1) is 21.7. The van der Waals surface area contributed by atoms with Crippen LogP contribution in [-0.4, -0.2) is 55.2 Å². The molecule has 0 spiro atoms. The Balaban J connectivity index is 2.02. The van der Waals surface area contributed by atoms with Gasteiger partial charge in [-0.25, -0.2) is 9.59 Å². The van der Waals surface area contributed by atoms with Crippen LogP contribution in [0.15, 0.2) is 30.3 Å². The van der Waals surface area contributed by atoms with E-state index in [1.807, 2.05) is 30.3 Å². The third kappa shape index (κ3) is 11.3. The van der Waals surface area contributed by atoms with E-state index in [2.05, 4.69) is 16.0 Å². The number of alkyl carbamates (subject to hydrolysis) is 2. The van der Waals surface area contributed by atoms with Crippen molar-refractivity contribution in [1.29, 1.82) is 0 Å². The molecule has 0 radical (unpaired) electrons. The van der Waals surface area contributed by atoms with Gasteiger partial charge in [0.15, 0.2) is 0 Å². The van der Waals surface area contributed by atoms with Gasteiger partial charge >= 0.3 is 12.2 Å². The predicted octanol–water partition coefficient (Wildman–Crippen LogP) is 1.39. The summed E-state index contributed by atoms with van der Waals surface area (Å²) >= 11 is 0. The maximum Gasteiger partial charge on any atom is 0.407 e. The summed E-state index contributed by atoms with van der Waals surface area (Å²) in [4.78, 5) is 23.0. The molecule has 0 aliphatic rings. The van der Waals surface area contributed by atoms with Gasteiger partial charge in [-0.15, -0.1) is 0 Å². The fourth-order valence-corrected chi connectivity index (χ4v) is 1.88. The molecule has 1 aromatic carbocycles. The lowest BCUT2D eigenvalue weighted by Gasteiger charge is -2.20. The Morgan fingerprint density at radius 2 is 1.73 bits per heavy atom. The van der Waals surface area contributed by atoms with Gasteiger partial charge in [0.05, 0.1) is 6.10 Å². The first-order valence-electron chi connectivity index (χ1n) is 8.56. The Labute approximate surface area is 154 Å². The maximum atomic E-state index is 11.5. The molecular formula is C18H29N3O5. The number of hydrogen-bond donors (Lipinski definition) is 4. The topological polar surface area (TPSA) is 109 Å². The number of hydrogen-bond acceptors (Lipinski definition) is 6. The second kappa shape index (κ2) is 11.3. The molecule has 0 saturated carbocycles. The molecule has 1 rings (SSSR count). The van der Waals surface area contributed by atoms with E-state index in [-0.39, 0.29) is 19.7 Å². The van der Waals surface area contributed by atoms with Gasteiger partial charge in [-0.2, -0.15) is 0 Å². The molecule has 26 heavy (non-hydrogen) atoms. The molecule has 146 valence electrons. The van der Waals surface area contributed by atoms with E-state index in [1.165, 1.54) is 0 Å². The normalized spacial score (nSPS) is 12.2. The minimum atomic E-state index is -0.757. The largest absolute Gasteiger partial charge is 0.445 e. The molecule has 4 N–H and O–H groups in total. The van der Waals surface area contributed by atoms with Gasteiger partial charge in [0, 0.05) is 26.2 Å². The second-order valence-corrected chi connectivity index (χ2v) is 6.73. The standard InChI is InChI=1S/C18H29N3O5/c1-18(2,3)26-17(24)21-12-15(22)11-19-9-10-20-16(23)25-13-14-7-5-4-6-8-14/h4-8,15,19,22H,9-13H2,1-3H3,(H,20,23)(H,21,24). The van der Waals surface area contributed by atoms with Crippen molar-refractivity contribution in [2.75, 3.05) is 26.2 Å². The van der Waals surface area contributed by atoms with E-state index in [4.69, 9.17) is 9.47 Å². The first-order valence-corrected chi connectivity index (χ1v) is 8.56. The minimum absolute atomic E-state index is 0.0778. The fraction of sp³-hybridized carbons (Fsp3) is 0.556. The molecule has 0 heterocycles. The highest BCUT2D eigenvalue weighted by atomic mass is 16.6. The lowest BCUT2D eigenvalue weighted by molar-refractivity contribution is 0.0492. The van der Waals surface area contributed by atoms with Crippen molar-refractivity contribution in [3.05, 3.63) is 35.9 Å². The van der Waals surface area contributed by atoms with Crippen LogP contribution in [-0.2, 0) is 16.1 Å². The Morgan fingerprint density at radius 3 is 2.38 bits per heavy atom. The monoisotopic (exact) mass is 367 g/mol. The van der Waals surface area contributed by atoms with Crippen LogP contribution in [0.4, 0.5) is 9.59 Å². The fourth-order valence-electron chi connectivity index (χ4n) is 1.88. The van der Waals surface area contributed by atoms with Crippen LogP contribution in [0, 0.1) is 0 Å². The van der Waals surface area contributed by atoms with Crippen molar-refractivity contribution in [3.63, 3.8) is 0 Å². The van der Waals surface area contributed by atoms with E-state index in [1.54, 1.807) is 20.8 Å². The number of amides is 2. The van der Waals surface area contributed by atoms with Crippen molar-refractivity contribution in [3.8, 4) is 0 Å². The van der Waals surface area contributed by atoms with Crippen LogP contribution >= 0.6 is 0 Å². The van der Waals surface area contributed by atoms with Crippen molar-refractivity contribution < 1.29 is 24.2 Å². The molecule has 1 aromatic rings. The second-order valence-electron chi connectivity index (χ2n) is 6.73. The van der Waals surface area contributed by atoms with E-state index in [0.717, 1.165) is 5.56 Å². The Hall–Kier alpha value is -2.32. The number of carbonyl (C=O) groups excluding carboxylic acids is 2. The molecule has 0 fully saturated rings. The molecule has 0 aliphatic carbocycles. The summed E-state index contributed by atoms with van der Waals surface area (Å²) in [6.45, 7) is 6.69. The van der Waals surface area contributed by atoms with Crippen LogP contribution in [0.3, 0.4) is 0 Å². The van der Waals surface area contributed by atoms with Crippen molar-refractivity contribution in [2.24, 2.45) is 0 Å².